The van der Waals surface area contributed by atoms with Gasteiger partial charge < -0.3 is 4.90 Å². The molecule has 0 aromatic rings. The fraction of sp³-hybridized carbons (Fsp3) is 1.00. The predicted octanol–water partition coefficient (Wildman–Crippen LogP) is 2.33. The van der Waals surface area contributed by atoms with E-state index in [1.165, 1.54) is 12.3 Å². The van der Waals surface area contributed by atoms with Crippen LogP contribution in [0.5, 0.6) is 0 Å². The average Bonchev–Trinajstić information content (AvgIpc) is 1.98. The second-order valence-electron chi connectivity index (χ2n) is 3.46. The summed E-state index contributed by atoms with van der Waals surface area (Å²) in [5.41, 5.74) is 0. The summed E-state index contributed by atoms with van der Waals surface area (Å²) in [4.78, 5) is 2.43. The molecule has 0 aliphatic heterocycles. The fourth-order valence-corrected chi connectivity index (χ4v) is 1.42. The zero-order chi connectivity index (χ0) is 8.85. The Morgan fingerprint density at radius 2 is 1.82 bits per heavy atom. The third-order valence-corrected chi connectivity index (χ3v) is 2.90. The molecule has 0 spiro atoms. The van der Waals surface area contributed by atoms with Crippen molar-refractivity contribution in [2.45, 2.75) is 26.8 Å². The second kappa shape index (κ2) is 5.90. The van der Waals surface area contributed by atoms with Crippen molar-refractivity contribution in [1.29, 1.82) is 0 Å². The van der Waals surface area contributed by atoms with Crippen LogP contribution in [0.25, 0.3) is 0 Å². The molecule has 0 aliphatic rings. The second-order valence-corrected chi connectivity index (χ2v) is 4.44. The smallest absolute Gasteiger partial charge is 0.00872 e. The summed E-state index contributed by atoms with van der Waals surface area (Å²) >= 11 is 1.92. The molecule has 0 bridgehead atoms. The maximum Gasteiger partial charge on any atom is 0.00872 e. The summed E-state index contributed by atoms with van der Waals surface area (Å²) in [5, 5.41) is 0. The SMILES string of the molecule is CSCCN(C)[C@H](C)C(C)C. The Bertz CT molecular complexity index is 93.6. The van der Waals surface area contributed by atoms with Gasteiger partial charge in [-0.15, -0.1) is 0 Å². The molecule has 11 heavy (non-hydrogen) atoms. The van der Waals surface area contributed by atoms with Gasteiger partial charge in [0.05, 0.1) is 0 Å². The highest BCUT2D eigenvalue weighted by Crippen LogP contribution is 2.08. The first-order valence-corrected chi connectivity index (χ1v) is 5.68. The summed E-state index contributed by atoms with van der Waals surface area (Å²) in [5.74, 6) is 2.01. The van der Waals surface area contributed by atoms with E-state index >= 15 is 0 Å². The van der Waals surface area contributed by atoms with E-state index in [2.05, 4.69) is 39.0 Å². The largest absolute Gasteiger partial charge is 0.303 e. The van der Waals surface area contributed by atoms with Crippen LogP contribution in [0.3, 0.4) is 0 Å². The van der Waals surface area contributed by atoms with E-state index in [9.17, 15) is 0 Å². The summed E-state index contributed by atoms with van der Waals surface area (Å²) in [6, 6.07) is 0.710. The highest BCUT2D eigenvalue weighted by molar-refractivity contribution is 7.98. The first-order chi connectivity index (χ1) is 5.09. The van der Waals surface area contributed by atoms with E-state index in [1.807, 2.05) is 11.8 Å². The molecule has 0 aromatic heterocycles. The van der Waals surface area contributed by atoms with Gasteiger partial charge in [0.25, 0.3) is 0 Å². The third kappa shape index (κ3) is 4.70. The highest BCUT2D eigenvalue weighted by Gasteiger charge is 2.11. The quantitative estimate of drug-likeness (QED) is 0.631. The zero-order valence-electron chi connectivity index (χ0n) is 8.42. The lowest BCUT2D eigenvalue weighted by atomic mass is 10.1. The number of hydrogen-bond acceptors (Lipinski definition) is 2. The highest BCUT2D eigenvalue weighted by atomic mass is 32.2. The molecule has 0 unspecified atom stereocenters. The normalized spacial score (nSPS) is 14.5. The van der Waals surface area contributed by atoms with Gasteiger partial charge in [-0.3, -0.25) is 0 Å². The van der Waals surface area contributed by atoms with Gasteiger partial charge in [-0.1, -0.05) is 13.8 Å². The summed E-state index contributed by atoms with van der Waals surface area (Å²) in [6.07, 6.45) is 2.16. The molecule has 0 heterocycles. The topological polar surface area (TPSA) is 3.24 Å². The van der Waals surface area contributed by atoms with Gasteiger partial charge in [-0.2, -0.15) is 11.8 Å². The molecular weight excluding hydrogens is 154 g/mol. The molecule has 68 valence electrons. The molecule has 0 saturated carbocycles. The molecular formula is C9H21NS. The van der Waals surface area contributed by atoms with Gasteiger partial charge in [-0.25, -0.2) is 0 Å². The molecule has 1 nitrogen and oxygen atoms in total. The number of nitrogens with zero attached hydrogens (tertiary/aromatic N) is 1. The molecule has 0 rings (SSSR count). The molecule has 0 N–H and O–H groups in total. The van der Waals surface area contributed by atoms with Crippen LogP contribution in [-0.2, 0) is 0 Å². The first kappa shape index (κ1) is 11.3. The van der Waals surface area contributed by atoms with E-state index in [-0.39, 0.29) is 0 Å². The van der Waals surface area contributed by atoms with E-state index < -0.39 is 0 Å². The average molecular weight is 175 g/mol. The van der Waals surface area contributed by atoms with Crippen LogP contribution in [0.1, 0.15) is 20.8 Å². The standard InChI is InChI=1S/C9H21NS/c1-8(2)9(3)10(4)6-7-11-5/h8-9H,6-7H2,1-5H3/t9-/m1/s1. The molecule has 0 fully saturated rings. The van der Waals surface area contributed by atoms with Crippen molar-refractivity contribution in [2.24, 2.45) is 5.92 Å². The Hall–Kier alpha value is 0.310. The van der Waals surface area contributed by atoms with Crippen molar-refractivity contribution < 1.29 is 0 Å². The molecule has 2 heteroatoms. The maximum atomic E-state index is 2.43. The van der Waals surface area contributed by atoms with Crippen LogP contribution < -0.4 is 0 Å². The molecule has 0 aliphatic carbocycles. The van der Waals surface area contributed by atoms with Gasteiger partial charge >= 0.3 is 0 Å². The molecule has 0 saturated heterocycles. The molecule has 0 aromatic carbocycles. The van der Waals surface area contributed by atoms with Gasteiger partial charge in [0.15, 0.2) is 0 Å². The van der Waals surface area contributed by atoms with Crippen LogP contribution in [0.15, 0.2) is 0 Å². The van der Waals surface area contributed by atoms with Crippen molar-refractivity contribution in [3.8, 4) is 0 Å². The third-order valence-electron chi connectivity index (χ3n) is 2.31. The predicted molar refractivity (Wildman–Crippen MR) is 55.3 cm³/mol. The lowest BCUT2D eigenvalue weighted by Gasteiger charge is -2.27. The van der Waals surface area contributed by atoms with Crippen LogP contribution in [0.4, 0.5) is 0 Å². The van der Waals surface area contributed by atoms with E-state index in [0.717, 1.165) is 5.92 Å². The molecule has 1 atom stereocenters. The van der Waals surface area contributed by atoms with E-state index in [1.54, 1.807) is 0 Å². The van der Waals surface area contributed by atoms with Crippen LogP contribution in [-0.4, -0.2) is 36.5 Å². The van der Waals surface area contributed by atoms with Gasteiger partial charge in [-0.05, 0) is 26.1 Å². The monoisotopic (exact) mass is 175 g/mol. The van der Waals surface area contributed by atoms with Crippen molar-refractivity contribution in [2.75, 3.05) is 25.6 Å². The summed E-state index contributed by atoms with van der Waals surface area (Å²) in [7, 11) is 2.21. The lowest BCUT2D eigenvalue weighted by molar-refractivity contribution is 0.220. The summed E-state index contributed by atoms with van der Waals surface area (Å²) in [6.45, 7) is 8.06. The Balaban J connectivity index is 3.55. The van der Waals surface area contributed by atoms with E-state index in [4.69, 9.17) is 0 Å². The molecule has 0 radical (unpaired) electrons. The minimum absolute atomic E-state index is 0.710. The summed E-state index contributed by atoms with van der Waals surface area (Å²) < 4.78 is 0. The Morgan fingerprint density at radius 3 is 2.18 bits per heavy atom. The van der Waals surface area contributed by atoms with Crippen LogP contribution in [0, 0.1) is 5.92 Å². The van der Waals surface area contributed by atoms with E-state index in [0.29, 0.717) is 6.04 Å². The number of rotatable bonds is 5. The Kier molecular flexibility index (Phi) is 6.06. The number of hydrogen-bond donors (Lipinski definition) is 0. The Labute approximate surface area is 75.5 Å². The van der Waals surface area contributed by atoms with Crippen LogP contribution in [0.2, 0.25) is 0 Å². The van der Waals surface area contributed by atoms with Crippen molar-refractivity contribution in [1.82, 2.24) is 4.90 Å². The maximum absolute atomic E-state index is 2.43. The molecule has 0 amide bonds. The van der Waals surface area contributed by atoms with Gasteiger partial charge in [0.1, 0.15) is 0 Å². The lowest BCUT2D eigenvalue weighted by Crippen LogP contribution is -2.34. The number of thioether (sulfide) groups is 1. The van der Waals surface area contributed by atoms with Gasteiger partial charge in [0.2, 0.25) is 0 Å². The fourth-order valence-electron chi connectivity index (χ4n) is 0.948. The van der Waals surface area contributed by atoms with Crippen molar-refractivity contribution in [3.63, 3.8) is 0 Å². The van der Waals surface area contributed by atoms with Crippen molar-refractivity contribution in [3.05, 3.63) is 0 Å². The van der Waals surface area contributed by atoms with Crippen molar-refractivity contribution >= 4 is 11.8 Å². The minimum atomic E-state index is 0.710. The van der Waals surface area contributed by atoms with Crippen LogP contribution >= 0.6 is 11.8 Å². The first-order valence-electron chi connectivity index (χ1n) is 4.28. The minimum Gasteiger partial charge on any atom is -0.303 e. The zero-order valence-corrected chi connectivity index (χ0v) is 9.24. The van der Waals surface area contributed by atoms with Gasteiger partial charge in [0, 0.05) is 18.3 Å². The Morgan fingerprint density at radius 1 is 1.27 bits per heavy atom.